The predicted molar refractivity (Wildman–Crippen MR) is 124 cm³/mol. The second-order valence-electron chi connectivity index (χ2n) is 7.21. The Hall–Kier alpha value is -4.79. The minimum Gasteiger partial charge on any atom is -0.355 e. The summed E-state index contributed by atoms with van der Waals surface area (Å²) in [6.45, 7) is 1.82. The molecule has 0 aliphatic rings. The van der Waals surface area contributed by atoms with Gasteiger partial charge in [0.25, 0.3) is 5.91 Å². The lowest BCUT2D eigenvalue weighted by atomic mass is 10.1. The summed E-state index contributed by atoms with van der Waals surface area (Å²) < 4.78 is 6.97. The first-order valence-corrected chi connectivity index (χ1v) is 10.2. The van der Waals surface area contributed by atoms with Crippen molar-refractivity contribution in [3.8, 4) is 17.1 Å². The lowest BCUT2D eigenvalue weighted by Gasteiger charge is -2.10. The Morgan fingerprint density at radius 2 is 1.73 bits per heavy atom. The van der Waals surface area contributed by atoms with Crippen LogP contribution >= 0.6 is 0 Å². The van der Waals surface area contributed by atoms with Crippen molar-refractivity contribution in [1.82, 2.24) is 24.9 Å². The summed E-state index contributed by atoms with van der Waals surface area (Å²) in [6.07, 6.45) is 3.51. The minimum absolute atomic E-state index is 0.207. The average Bonchev–Trinajstić information content (AvgIpc) is 3.53. The molecule has 0 radical (unpaired) electrons. The van der Waals surface area contributed by atoms with Crippen molar-refractivity contribution < 1.29 is 9.32 Å². The maximum absolute atomic E-state index is 12.5. The molecule has 0 saturated heterocycles. The van der Waals surface area contributed by atoms with Crippen molar-refractivity contribution in [2.24, 2.45) is 0 Å². The number of carbonyl (C=O) groups excluding carboxylic acids is 1. The summed E-state index contributed by atoms with van der Waals surface area (Å²) in [5.41, 5.74) is 2.50. The number of nitrogens with one attached hydrogen (secondary N) is 2. The Bertz CT molecular complexity index is 1380. The Morgan fingerprint density at radius 1 is 0.939 bits per heavy atom. The van der Waals surface area contributed by atoms with E-state index in [1.165, 1.54) is 0 Å². The summed E-state index contributed by atoms with van der Waals surface area (Å²) in [7, 11) is 0. The third-order valence-corrected chi connectivity index (χ3v) is 4.78. The quantitative estimate of drug-likeness (QED) is 0.399. The maximum Gasteiger partial charge on any atom is 0.277 e. The number of aryl methyl sites for hydroxylation is 1. The topological polar surface area (TPSA) is 111 Å². The van der Waals surface area contributed by atoms with Gasteiger partial charge < -0.3 is 15.2 Å². The predicted octanol–water partition coefficient (Wildman–Crippen LogP) is 4.62. The molecule has 5 aromatic rings. The van der Waals surface area contributed by atoms with E-state index < -0.39 is 0 Å². The van der Waals surface area contributed by atoms with E-state index in [-0.39, 0.29) is 11.6 Å². The average molecular weight is 437 g/mol. The summed E-state index contributed by atoms with van der Waals surface area (Å²) in [5.74, 6) is 2.12. The van der Waals surface area contributed by atoms with Gasteiger partial charge in [0.15, 0.2) is 17.3 Å². The fourth-order valence-corrected chi connectivity index (χ4v) is 3.24. The normalized spacial score (nSPS) is 10.7. The van der Waals surface area contributed by atoms with Crippen LogP contribution in [0.2, 0.25) is 0 Å². The van der Waals surface area contributed by atoms with Crippen molar-refractivity contribution in [3.05, 3.63) is 96.7 Å². The lowest BCUT2D eigenvalue weighted by Crippen LogP contribution is -2.12. The molecule has 0 bridgehead atoms. The van der Waals surface area contributed by atoms with Gasteiger partial charge in [0.1, 0.15) is 11.6 Å². The van der Waals surface area contributed by atoms with Gasteiger partial charge in [-0.3, -0.25) is 4.79 Å². The van der Waals surface area contributed by atoms with Crippen LogP contribution in [0.4, 0.5) is 17.2 Å². The smallest absolute Gasteiger partial charge is 0.277 e. The Kier molecular flexibility index (Phi) is 5.34. The highest BCUT2D eigenvalue weighted by molar-refractivity contribution is 6.03. The highest BCUT2D eigenvalue weighted by Gasteiger charge is 2.14. The molecule has 0 spiro atoms. The zero-order valence-electron chi connectivity index (χ0n) is 17.6. The van der Waals surface area contributed by atoms with Crippen molar-refractivity contribution in [2.45, 2.75) is 6.92 Å². The molecule has 162 valence electrons. The molecule has 9 heteroatoms. The summed E-state index contributed by atoms with van der Waals surface area (Å²) in [6, 6.07) is 22.0. The molecule has 33 heavy (non-hydrogen) atoms. The van der Waals surface area contributed by atoms with Gasteiger partial charge in [0.05, 0.1) is 0 Å². The van der Waals surface area contributed by atoms with Crippen LogP contribution in [0.25, 0.3) is 17.1 Å². The van der Waals surface area contributed by atoms with Crippen LogP contribution in [0.15, 0.2) is 89.7 Å². The number of anilines is 3. The Labute approximate surface area is 189 Å². The second kappa shape index (κ2) is 8.75. The van der Waals surface area contributed by atoms with Crippen LogP contribution in [-0.2, 0) is 0 Å². The number of nitrogens with zero attached hydrogens (tertiary/aromatic N) is 5. The molecule has 0 unspecified atom stereocenters. The number of carbonyl (C=O) groups is 1. The molecule has 0 fully saturated rings. The van der Waals surface area contributed by atoms with Crippen LogP contribution in [-0.4, -0.2) is 30.8 Å². The first-order valence-electron chi connectivity index (χ1n) is 10.2. The van der Waals surface area contributed by atoms with E-state index in [4.69, 9.17) is 4.52 Å². The van der Waals surface area contributed by atoms with Crippen LogP contribution in [0.3, 0.4) is 0 Å². The largest absolute Gasteiger partial charge is 0.355 e. The zero-order chi connectivity index (χ0) is 22.6. The van der Waals surface area contributed by atoms with Crippen molar-refractivity contribution in [2.75, 3.05) is 10.6 Å². The molecule has 0 aliphatic heterocycles. The van der Waals surface area contributed by atoms with Gasteiger partial charge in [-0.15, -0.1) is 0 Å². The van der Waals surface area contributed by atoms with E-state index >= 15 is 0 Å². The van der Waals surface area contributed by atoms with Gasteiger partial charge in [-0.05, 0) is 37.3 Å². The van der Waals surface area contributed by atoms with E-state index in [0.717, 1.165) is 11.3 Å². The lowest BCUT2D eigenvalue weighted by molar-refractivity contribution is 0.101. The number of aromatic nitrogens is 5. The van der Waals surface area contributed by atoms with Gasteiger partial charge in [0, 0.05) is 41.5 Å². The standard InChI is InChI=1S/C24H19N7O2/c1-16-26-22(15-23(27-16)31-13-5-12-25-31)28-18-8-10-19(11-9-18)29-24(32)20-14-21(33-30-20)17-6-3-2-4-7-17/h2-15H,1H3,(H,29,32)(H,26,27,28). The zero-order valence-corrected chi connectivity index (χ0v) is 17.6. The molecule has 0 atom stereocenters. The molecular formula is C24H19N7O2. The molecule has 0 aliphatic carbocycles. The van der Waals surface area contributed by atoms with Crippen LogP contribution in [0.1, 0.15) is 16.3 Å². The van der Waals surface area contributed by atoms with Gasteiger partial charge in [-0.1, -0.05) is 35.5 Å². The monoisotopic (exact) mass is 437 g/mol. The highest BCUT2D eigenvalue weighted by Crippen LogP contribution is 2.22. The first-order chi connectivity index (χ1) is 16.1. The van der Waals surface area contributed by atoms with Gasteiger partial charge in [-0.25, -0.2) is 14.6 Å². The number of benzene rings is 2. The number of hydrogen-bond donors (Lipinski definition) is 2. The Balaban J connectivity index is 1.26. The van der Waals surface area contributed by atoms with Crippen molar-refractivity contribution >= 4 is 23.1 Å². The van der Waals surface area contributed by atoms with E-state index in [0.29, 0.717) is 28.9 Å². The van der Waals surface area contributed by atoms with E-state index in [1.807, 2.05) is 67.7 Å². The summed E-state index contributed by atoms with van der Waals surface area (Å²) >= 11 is 0. The second-order valence-corrected chi connectivity index (χ2v) is 7.21. The fourth-order valence-electron chi connectivity index (χ4n) is 3.24. The molecule has 9 nitrogen and oxygen atoms in total. The number of hydrogen-bond acceptors (Lipinski definition) is 7. The summed E-state index contributed by atoms with van der Waals surface area (Å²) in [5, 5.41) is 14.2. The van der Waals surface area contributed by atoms with Gasteiger partial charge >= 0.3 is 0 Å². The molecule has 1 amide bonds. The van der Waals surface area contributed by atoms with Crippen molar-refractivity contribution in [1.29, 1.82) is 0 Å². The SMILES string of the molecule is Cc1nc(Nc2ccc(NC(=O)c3cc(-c4ccccc4)on3)cc2)cc(-n2cccn2)n1. The first kappa shape index (κ1) is 20.1. The minimum atomic E-state index is -0.350. The van der Waals surface area contributed by atoms with Gasteiger partial charge in [-0.2, -0.15) is 5.10 Å². The van der Waals surface area contributed by atoms with E-state index in [2.05, 4.69) is 30.9 Å². The van der Waals surface area contributed by atoms with E-state index in [1.54, 1.807) is 29.1 Å². The van der Waals surface area contributed by atoms with Crippen LogP contribution in [0, 0.1) is 6.92 Å². The molecule has 2 aromatic carbocycles. The van der Waals surface area contributed by atoms with Crippen LogP contribution in [0.5, 0.6) is 0 Å². The number of amides is 1. The third-order valence-electron chi connectivity index (χ3n) is 4.78. The molecule has 0 saturated carbocycles. The van der Waals surface area contributed by atoms with Crippen molar-refractivity contribution in [3.63, 3.8) is 0 Å². The third kappa shape index (κ3) is 4.62. The van der Waals surface area contributed by atoms with Crippen LogP contribution < -0.4 is 10.6 Å². The molecule has 3 heterocycles. The fraction of sp³-hybridized carbons (Fsp3) is 0.0417. The summed E-state index contributed by atoms with van der Waals surface area (Å²) in [4.78, 5) is 21.4. The molecule has 2 N–H and O–H groups in total. The maximum atomic E-state index is 12.5. The van der Waals surface area contributed by atoms with E-state index in [9.17, 15) is 4.79 Å². The molecule has 5 rings (SSSR count). The van der Waals surface area contributed by atoms with Gasteiger partial charge in [0.2, 0.25) is 0 Å². The highest BCUT2D eigenvalue weighted by atomic mass is 16.5. The molecular weight excluding hydrogens is 418 g/mol. The Morgan fingerprint density at radius 3 is 2.48 bits per heavy atom. The molecule has 3 aromatic heterocycles. The number of rotatable bonds is 6.